The summed E-state index contributed by atoms with van der Waals surface area (Å²) in [6.45, 7) is 7.65. The minimum absolute atomic E-state index is 0.104. The largest absolute Gasteiger partial charge is 0.442 e. The molecule has 0 aliphatic carbocycles. The van der Waals surface area contributed by atoms with Crippen molar-refractivity contribution in [3.63, 3.8) is 0 Å². The number of rotatable bonds is 4. The second kappa shape index (κ2) is 8.59. The smallest absolute Gasteiger partial charge is 0.414 e. The van der Waals surface area contributed by atoms with Crippen LogP contribution >= 0.6 is 11.8 Å². The number of ether oxygens (including phenoxy) is 1. The fraction of sp³-hybridized carbons (Fsp3) is 0.600. The van der Waals surface area contributed by atoms with Gasteiger partial charge in [0, 0.05) is 24.3 Å². The van der Waals surface area contributed by atoms with E-state index in [0.29, 0.717) is 11.4 Å². The van der Waals surface area contributed by atoms with Gasteiger partial charge < -0.3 is 15.0 Å². The Hall–Kier alpha value is -1.96. The first kappa shape index (κ1) is 20.8. The standard InChI is InChI=1S/C20H28FN3O3S/c1-20(2,3)18(25)22-12-15-13-24(19(26)27-15)14-5-6-17(16(21)11-14)23-7-4-9-28-10-8-23/h5-6,11,15H,4,7-10,12-13H2,1-3H3,(H,22,25)/t15-/m0/s1. The number of carbonyl (C=O) groups excluding carboxylic acids is 2. The van der Waals surface area contributed by atoms with Crippen molar-refractivity contribution < 1.29 is 18.7 Å². The zero-order valence-corrected chi connectivity index (χ0v) is 17.5. The zero-order valence-electron chi connectivity index (χ0n) is 16.7. The van der Waals surface area contributed by atoms with Gasteiger partial charge in [0.1, 0.15) is 11.9 Å². The maximum absolute atomic E-state index is 14.7. The number of amides is 2. The van der Waals surface area contributed by atoms with Gasteiger partial charge in [0.25, 0.3) is 0 Å². The molecule has 2 aliphatic heterocycles. The van der Waals surface area contributed by atoms with Crippen LogP contribution in [-0.4, -0.2) is 55.8 Å². The molecule has 2 saturated heterocycles. The highest BCUT2D eigenvalue weighted by Crippen LogP contribution is 2.29. The first-order valence-corrected chi connectivity index (χ1v) is 10.8. The van der Waals surface area contributed by atoms with Crippen LogP contribution in [0.3, 0.4) is 0 Å². The van der Waals surface area contributed by atoms with E-state index in [9.17, 15) is 14.0 Å². The van der Waals surface area contributed by atoms with E-state index in [1.165, 1.54) is 11.0 Å². The molecule has 0 spiro atoms. The van der Waals surface area contributed by atoms with Crippen molar-refractivity contribution in [2.24, 2.45) is 5.41 Å². The molecule has 2 fully saturated rings. The number of hydrogen-bond acceptors (Lipinski definition) is 5. The Morgan fingerprint density at radius 1 is 1.32 bits per heavy atom. The van der Waals surface area contributed by atoms with Gasteiger partial charge in [0.15, 0.2) is 0 Å². The second-order valence-corrected chi connectivity index (χ2v) is 9.39. The highest BCUT2D eigenvalue weighted by Gasteiger charge is 2.34. The van der Waals surface area contributed by atoms with Gasteiger partial charge in [0.05, 0.1) is 24.5 Å². The van der Waals surface area contributed by atoms with E-state index >= 15 is 0 Å². The third-order valence-electron chi connectivity index (χ3n) is 4.85. The van der Waals surface area contributed by atoms with Crippen molar-refractivity contribution in [2.45, 2.75) is 33.3 Å². The normalized spacial score (nSPS) is 20.7. The van der Waals surface area contributed by atoms with Crippen LogP contribution < -0.4 is 15.1 Å². The topological polar surface area (TPSA) is 61.9 Å². The van der Waals surface area contributed by atoms with Gasteiger partial charge in [-0.3, -0.25) is 9.69 Å². The highest BCUT2D eigenvalue weighted by atomic mass is 32.2. The molecule has 1 aromatic carbocycles. The van der Waals surface area contributed by atoms with E-state index in [0.717, 1.165) is 31.0 Å². The van der Waals surface area contributed by atoms with E-state index in [2.05, 4.69) is 10.2 Å². The molecular formula is C20H28FN3O3S. The number of carbonyl (C=O) groups is 2. The fourth-order valence-electron chi connectivity index (χ4n) is 3.22. The molecule has 1 aromatic rings. The van der Waals surface area contributed by atoms with Crippen molar-refractivity contribution in [3.05, 3.63) is 24.0 Å². The maximum atomic E-state index is 14.7. The van der Waals surface area contributed by atoms with Crippen LogP contribution in [0.25, 0.3) is 0 Å². The van der Waals surface area contributed by atoms with Crippen LogP contribution in [0.5, 0.6) is 0 Å². The summed E-state index contributed by atoms with van der Waals surface area (Å²) in [4.78, 5) is 27.7. The molecule has 2 aliphatic rings. The Morgan fingerprint density at radius 2 is 2.11 bits per heavy atom. The molecule has 154 valence electrons. The van der Waals surface area contributed by atoms with Crippen LogP contribution in [0.2, 0.25) is 0 Å². The number of cyclic esters (lactones) is 1. The summed E-state index contributed by atoms with van der Waals surface area (Å²) in [5, 5.41) is 2.80. The van der Waals surface area contributed by atoms with Crippen LogP contribution in [0.15, 0.2) is 18.2 Å². The molecule has 0 saturated carbocycles. The molecular weight excluding hydrogens is 381 g/mol. The van der Waals surface area contributed by atoms with Crippen LogP contribution in [0.1, 0.15) is 27.2 Å². The zero-order chi connectivity index (χ0) is 20.3. The van der Waals surface area contributed by atoms with Crippen molar-refractivity contribution in [1.29, 1.82) is 0 Å². The van der Waals surface area contributed by atoms with Gasteiger partial charge >= 0.3 is 6.09 Å². The second-order valence-electron chi connectivity index (χ2n) is 8.17. The maximum Gasteiger partial charge on any atom is 0.414 e. The summed E-state index contributed by atoms with van der Waals surface area (Å²) >= 11 is 1.89. The van der Waals surface area contributed by atoms with E-state index in [-0.39, 0.29) is 24.8 Å². The summed E-state index contributed by atoms with van der Waals surface area (Å²) in [5.41, 5.74) is 0.542. The molecule has 0 aromatic heterocycles. The summed E-state index contributed by atoms with van der Waals surface area (Å²) in [6, 6.07) is 4.89. The summed E-state index contributed by atoms with van der Waals surface area (Å²) in [6.07, 6.45) is 0.0595. The number of nitrogens with zero attached hydrogens (tertiary/aromatic N) is 2. The number of benzene rings is 1. The van der Waals surface area contributed by atoms with Gasteiger partial charge in [-0.15, -0.1) is 0 Å². The third-order valence-corrected chi connectivity index (χ3v) is 5.90. The molecule has 3 rings (SSSR count). The fourth-order valence-corrected chi connectivity index (χ4v) is 4.10. The van der Waals surface area contributed by atoms with Crippen molar-refractivity contribution in [2.75, 3.05) is 47.5 Å². The van der Waals surface area contributed by atoms with Crippen LogP contribution in [-0.2, 0) is 9.53 Å². The predicted molar refractivity (Wildman–Crippen MR) is 111 cm³/mol. The minimum Gasteiger partial charge on any atom is -0.442 e. The average Bonchev–Trinajstić information content (AvgIpc) is 2.82. The lowest BCUT2D eigenvalue weighted by molar-refractivity contribution is -0.128. The minimum atomic E-state index is -0.520. The first-order valence-electron chi connectivity index (χ1n) is 9.64. The number of anilines is 2. The summed E-state index contributed by atoms with van der Waals surface area (Å²) in [7, 11) is 0. The van der Waals surface area contributed by atoms with Gasteiger partial charge in [0.2, 0.25) is 5.91 Å². The van der Waals surface area contributed by atoms with Crippen molar-refractivity contribution in [1.82, 2.24) is 5.32 Å². The van der Waals surface area contributed by atoms with Gasteiger partial charge in [-0.2, -0.15) is 11.8 Å². The molecule has 0 unspecified atom stereocenters. The monoisotopic (exact) mass is 409 g/mol. The number of halogens is 1. The van der Waals surface area contributed by atoms with Crippen LogP contribution in [0.4, 0.5) is 20.6 Å². The molecule has 8 heteroatoms. The number of hydrogen-bond donors (Lipinski definition) is 1. The third kappa shape index (κ3) is 4.90. The van der Waals surface area contributed by atoms with Crippen molar-refractivity contribution >= 4 is 35.1 Å². The van der Waals surface area contributed by atoms with E-state index < -0.39 is 17.6 Å². The molecule has 0 radical (unpaired) electrons. The summed E-state index contributed by atoms with van der Waals surface area (Å²) < 4.78 is 20.1. The average molecular weight is 410 g/mol. The molecule has 1 atom stereocenters. The summed E-state index contributed by atoms with van der Waals surface area (Å²) in [5.74, 6) is 1.65. The Balaban J connectivity index is 1.64. The van der Waals surface area contributed by atoms with E-state index in [4.69, 9.17) is 4.74 Å². The predicted octanol–water partition coefficient (Wildman–Crippen LogP) is 3.26. The van der Waals surface area contributed by atoms with Gasteiger partial charge in [-0.1, -0.05) is 20.8 Å². The van der Waals surface area contributed by atoms with Gasteiger partial charge in [-0.25, -0.2) is 9.18 Å². The molecule has 2 amide bonds. The SMILES string of the molecule is CC(C)(C)C(=O)NC[C@H]1CN(c2ccc(N3CCCSCC3)c(F)c2)C(=O)O1. The first-order chi connectivity index (χ1) is 13.3. The Kier molecular flexibility index (Phi) is 6.37. The number of nitrogens with one attached hydrogen (secondary N) is 1. The Morgan fingerprint density at radius 3 is 2.82 bits per heavy atom. The van der Waals surface area contributed by atoms with Crippen molar-refractivity contribution in [3.8, 4) is 0 Å². The molecule has 6 nitrogen and oxygen atoms in total. The lowest BCUT2D eigenvalue weighted by Crippen LogP contribution is -2.40. The Bertz CT molecular complexity index is 730. The molecule has 2 heterocycles. The highest BCUT2D eigenvalue weighted by molar-refractivity contribution is 7.99. The van der Waals surface area contributed by atoms with E-state index in [1.54, 1.807) is 12.1 Å². The number of thioether (sulfide) groups is 1. The quantitative estimate of drug-likeness (QED) is 0.827. The van der Waals surface area contributed by atoms with Gasteiger partial charge in [-0.05, 0) is 30.4 Å². The molecule has 1 N–H and O–H groups in total. The van der Waals surface area contributed by atoms with Crippen LogP contribution in [0, 0.1) is 11.2 Å². The van der Waals surface area contributed by atoms with E-state index in [1.807, 2.05) is 32.5 Å². The lowest BCUT2D eigenvalue weighted by atomic mass is 9.96. The lowest BCUT2D eigenvalue weighted by Gasteiger charge is -2.24. The Labute approximate surface area is 169 Å². The molecule has 28 heavy (non-hydrogen) atoms. The molecule has 0 bridgehead atoms.